The van der Waals surface area contributed by atoms with Crippen molar-refractivity contribution < 1.29 is 14.0 Å². The fourth-order valence-corrected chi connectivity index (χ4v) is 4.84. The number of carbonyl (C=O) groups is 2. The highest BCUT2D eigenvalue weighted by Gasteiger charge is 2.30. The third-order valence-electron chi connectivity index (χ3n) is 5.17. The summed E-state index contributed by atoms with van der Waals surface area (Å²) >= 11 is 1.91. The van der Waals surface area contributed by atoms with Crippen LogP contribution >= 0.6 is 11.8 Å². The average molecular weight is 372 g/mol. The normalized spacial score (nSPS) is 18.0. The van der Waals surface area contributed by atoms with E-state index in [1.165, 1.54) is 32.1 Å². The van der Waals surface area contributed by atoms with Gasteiger partial charge in [-0.1, -0.05) is 37.5 Å². The molecule has 2 aliphatic carbocycles. The lowest BCUT2D eigenvalue weighted by Crippen LogP contribution is -2.42. The number of rotatable bonds is 5. The van der Waals surface area contributed by atoms with Gasteiger partial charge in [0, 0.05) is 27.9 Å². The molecule has 2 amide bonds. The molecule has 0 saturated heterocycles. The van der Waals surface area contributed by atoms with Crippen molar-refractivity contribution in [2.24, 2.45) is 5.92 Å². The Kier molecular flexibility index (Phi) is 5.20. The first-order valence-electron chi connectivity index (χ1n) is 9.44. The third-order valence-corrected chi connectivity index (χ3v) is 6.57. The zero-order chi connectivity index (χ0) is 17.9. The van der Waals surface area contributed by atoms with Gasteiger partial charge in [-0.05, 0) is 31.7 Å². The molecule has 2 fully saturated rings. The van der Waals surface area contributed by atoms with Crippen molar-refractivity contribution in [2.45, 2.75) is 55.9 Å². The quantitative estimate of drug-likeness (QED) is 0.773. The molecule has 0 unspecified atom stereocenters. The summed E-state index contributed by atoms with van der Waals surface area (Å²) in [6, 6.07) is 7.74. The van der Waals surface area contributed by atoms with Crippen molar-refractivity contribution in [3.05, 3.63) is 35.6 Å². The maximum absolute atomic E-state index is 12.6. The minimum Gasteiger partial charge on any atom is -0.451 e. The van der Waals surface area contributed by atoms with Gasteiger partial charge in [0.15, 0.2) is 5.76 Å². The number of nitrogens with one attached hydrogen (secondary N) is 2. The van der Waals surface area contributed by atoms with Crippen LogP contribution in [0.2, 0.25) is 0 Å². The summed E-state index contributed by atoms with van der Waals surface area (Å²) in [5.41, 5.74) is 6.67. The first-order valence-corrected chi connectivity index (χ1v) is 10.5. The molecule has 138 valence electrons. The van der Waals surface area contributed by atoms with Crippen LogP contribution in [0.5, 0.6) is 0 Å². The first-order chi connectivity index (χ1) is 12.7. The van der Waals surface area contributed by atoms with Gasteiger partial charge < -0.3 is 4.42 Å². The fourth-order valence-electron chi connectivity index (χ4n) is 3.48. The Morgan fingerprint density at radius 1 is 1.04 bits per heavy atom. The fraction of sp³-hybridized carbons (Fsp3) is 0.500. The number of benzene rings is 1. The molecule has 0 radical (unpaired) electrons. The Morgan fingerprint density at radius 3 is 2.58 bits per heavy atom. The zero-order valence-corrected chi connectivity index (χ0v) is 15.6. The van der Waals surface area contributed by atoms with E-state index < -0.39 is 0 Å². The molecule has 0 atom stereocenters. The van der Waals surface area contributed by atoms with Crippen LogP contribution < -0.4 is 10.9 Å². The van der Waals surface area contributed by atoms with E-state index in [0.29, 0.717) is 16.6 Å². The van der Waals surface area contributed by atoms with Crippen LogP contribution in [0.3, 0.4) is 0 Å². The van der Waals surface area contributed by atoms with Crippen LogP contribution in [0.4, 0.5) is 0 Å². The molecular weight excluding hydrogens is 348 g/mol. The maximum atomic E-state index is 12.6. The number of amides is 2. The molecule has 2 N–H and O–H groups in total. The standard InChI is InChI=1S/C20H24N2O3S/c23-19(13-10-11-13)21-22-20(24)18-16(12-26-14-6-2-1-3-7-14)15-8-4-5-9-17(15)25-18/h4-5,8-9,13-14H,1-3,6-7,10-12H2,(H,21,23)(H,22,24). The number of para-hydroxylation sites is 1. The molecule has 4 rings (SSSR count). The van der Waals surface area contributed by atoms with Crippen LogP contribution in [0.1, 0.15) is 61.1 Å². The van der Waals surface area contributed by atoms with Gasteiger partial charge in [0.1, 0.15) is 5.58 Å². The van der Waals surface area contributed by atoms with E-state index >= 15 is 0 Å². The largest absolute Gasteiger partial charge is 0.451 e. The van der Waals surface area contributed by atoms with Crippen molar-refractivity contribution >= 4 is 34.5 Å². The van der Waals surface area contributed by atoms with E-state index in [1.807, 2.05) is 36.0 Å². The van der Waals surface area contributed by atoms with Crippen molar-refractivity contribution in [3.63, 3.8) is 0 Å². The summed E-state index contributed by atoms with van der Waals surface area (Å²) in [6.07, 6.45) is 8.22. The maximum Gasteiger partial charge on any atom is 0.305 e. The molecule has 2 saturated carbocycles. The molecule has 2 aliphatic rings. The highest BCUT2D eigenvalue weighted by atomic mass is 32.2. The lowest BCUT2D eigenvalue weighted by Gasteiger charge is -2.20. The Labute approximate surface area is 157 Å². The van der Waals surface area contributed by atoms with E-state index in [1.54, 1.807) is 0 Å². The number of hydrogen-bond donors (Lipinski definition) is 2. The minimum atomic E-state index is -0.380. The summed E-state index contributed by atoms with van der Waals surface area (Å²) in [7, 11) is 0. The van der Waals surface area contributed by atoms with Crippen molar-refractivity contribution in [1.29, 1.82) is 0 Å². The Morgan fingerprint density at radius 2 is 1.81 bits per heavy atom. The summed E-state index contributed by atoms with van der Waals surface area (Å²) in [5.74, 6) is 0.612. The van der Waals surface area contributed by atoms with Crippen molar-refractivity contribution in [3.8, 4) is 0 Å². The highest BCUT2D eigenvalue weighted by molar-refractivity contribution is 7.99. The van der Waals surface area contributed by atoms with E-state index in [2.05, 4.69) is 10.9 Å². The van der Waals surface area contributed by atoms with E-state index in [9.17, 15) is 9.59 Å². The van der Waals surface area contributed by atoms with E-state index in [4.69, 9.17) is 4.42 Å². The number of hydrogen-bond acceptors (Lipinski definition) is 4. The van der Waals surface area contributed by atoms with Crippen LogP contribution in [0.15, 0.2) is 28.7 Å². The summed E-state index contributed by atoms with van der Waals surface area (Å²) in [4.78, 5) is 24.4. The SMILES string of the molecule is O=C(NNC(=O)C1CC1)c1oc2ccccc2c1CSC1CCCCC1. The molecule has 2 aromatic rings. The Balaban J connectivity index is 1.50. The van der Waals surface area contributed by atoms with Gasteiger partial charge in [0.2, 0.25) is 5.91 Å². The second-order valence-corrected chi connectivity index (χ2v) is 8.48. The smallest absolute Gasteiger partial charge is 0.305 e. The van der Waals surface area contributed by atoms with Gasteiger partial charge >= 0.3 is 5.91 Å². The van der Waals surface area contributed by atoms with Crippen LogP contribution in [0.25, 0.3) is 11.0 Å². The van der Waals surface area contributed by atoms with Gasteiger partial charge in [-0.25, -0.2) is 0 Å². The zero-order valence-electron chi connectivity index (χ0n) is 14.8. The number of thioether (sulfide) groups is 1. The van der Waals surface area contributed by atoms with Crippen LogP contribution in [-0.4, -0.2) is 17.1 Å². The molecule has 1 aromatic carbocycles. The molecule has 6 heteroatoms. The molecule has 1 heterocycles. The van der Waals surface area contributed by atoms with Crippen LogP contribution in [0, 0.1) is 5.92 Å². The number of hydrazine groups is 1. The molecule has 26 heavy (non-hydrogen) atoms. The predicted octanol–water partition coefficient (Wildman–Crippen LogP) is 4.17. The van der Waals surface area contributed by atoms with Crippen molar-refractivity contribution in [2.75, 3.05) is 0 Å². The average Bonchev–Trinajstić information content (AvgIpc) is 3.46. The number of furan rings is 1. The highest BCUT2D eigenvalue weighted by Crippen LogP contribution is 2.35. The summed E-state index contributed by atoms with van der Waals surface area (Å²) < 4.78 is 5.83. The van der Waals surface area contributed by atoms with E-state index in [-0.39, 0.29) is 17.7 Å². The molecule has 1 aromatic heterocycles. The molecule has 5 nitrogen and oxygen atoms in total. The van der Waals surface area contributed by atoms with Crippen molar-refractivity contribution in [1.82, 2.24) is 10.9 Å². The molecule has 0 bridgehead atoms. The summed E-state index contributed by atoms with van der Waals surface area (Å²) in [6.45, 7) is 0. The monoisotopic (exact) mass is 372 g/mol. The molecule has 0 spiro atoms. The Hall–Kier alpha value is -1.95. The van der Waals surface area contributed by atoms with Gasteiger partial charge in [-0.15, -0.1) is 0 Å². The van der Waals surface area contributed by atoms with Gasteiger partial charge in [-0.2, -0.15) is 11.8 Å². The number of carbonyl (C=O) groups excluding carboxylic acids is 2. The predicted molar refractivity (Wildman–Crippen MR) is 103 cm³/mol. The topological polar surface area (TPSA) is 71.3 Å². The lowest BCUT2D eigenvalue weighted by atomic mass is 10.0. The second kappa shape index (κ2) is 7.74. The minimum absolute atomic E-state index is 0.0484. The molecular formula is C20H24N2O3S. The second-order valence-electron chi connectivity index (χ2n) is 7.19. The first kappa shape index (κ1) is 17.5. The van der Waals surface area contributed by atoms with Crippen LogP contribution in [-0.2, 0) is 10.5 Å². The van der Waals surface area contributed by atoms with Gasteiger partial charge in [-0.3, -0.25) is 20.4 Å². The van der Waals surface area contributed by atoms with E-state index in [0.717, 1.165) is 29.5 Å². The summed E-state index contributed by atoms with van der Waals surface area (Å²) in [5, 5.41) is 1.64. The van der Waals surface area contributed by atoms with Gasteiger partial charge in [0.25, 0.3) is 0 Å². The van der Waals surface area contributed by atoms with Gasteiger partial charge in [0.05, 0.1) is 0 Å². The number of fused-ring (bicyclic) bond motifs is 1. The third kappa shape index (κ3) is 3.90. The molecule has 0 aliphatic heterocycles. The Bertz CT molecular complexity index is 806. The lowest BCUT2D eigenvalue weighted by molar-refractivity contribution is -0.123.